The largest absolute Gasteiger partial charge is 0.493 e. The quantitative estimate of drug-likeness (QED) is 0.595. The van der Waals surface area contributed by atoms with Crippen LogP contribution in [-0.4, -0.2) is 91.6 Å². The summed E-state index contributed by atoms with van der Waals surface area (Å²) >= 11 is 0. The van der Waals surface area contributed by atoms with Crippen LogP contribution in [0.15, 0.2) is 24.3 Å². The van der Waals surface area contributed by atoms with Gasteiger partial charge in [-0.15, -0.1) is 0 Å². The number of carbonyl (C=O) groups is 2. The molecule has 3 fully saturated rings. The van der Waals surface area contributed by atoms with Crippen molar-refractivity contribution < 1.29 is 19.1 Å². The van der Waals surface area contributed by atoms with Crippen molar-refractivity contribution in [2.45, 2.75) is 70.8 Å². The summed E-state index contributed by atoms with van der Waals surface area (Å²) in [5.41, 5.74) is 0.755. The predicted molar refractivity (Wildman–Crippen MR) is 144 cm³/mol. The normalized spacial score (nSPS) is 26.3. The number of amides is 2. The van der Waals surface area contributed by atoms with Crippen LogP contribution in [-0.2, 0) is 9.53 Å². The molecule has 2 bridgehead atoms. The molecule has 7 nitrogen and oxygen atoms in total. The van der Waals surface area contributed by atoms with Gasteiger partial charge < -0.3 is 24.2 Å². The summed E-state index contributed by atoms with van der Waals surface area (Å²) in [6.07, 6.45) is 9.18. The number of fused-ring (bicyclic) bond motifs is 3. The Kier molecular flexibility index (Phi) is 8.71. The van der Waals surface area contributed by atoms with Crippen molar-refractivity contribution in [1.29, 1.82) is 0 Å². The Morgan fingerprint density at radius 1 is 1.00 bits per heavy atom. The van der Waals surface area contributed by atoms with E-state index in [0.29, 0.717) is 24.7 Å². The second-order valence-corrected chi connectivity index (χ2v) is 11.7. The number of hydrogen-bond acceptors (Lipinski definition) is 5. The summed E-state index contributed by atoms with van der Waals surface area (Å²) in [5.74, 6) is 1.41. The van der Waals surface area contributed by atoms with Crippen molar-refractivity contribution >= 4 is 11.8 Å². The second-order valence-electron chi connectivity index (χ2n) is 11.7. The highest BCUT2D eigenvalue weighted by atomic mass is 16.5. The van der Waals surface area contributed by atoms with Crippen LogP contribution in [0, 0.1) is 11.3 Å². The zero-order valence-electron chi connectivity index (χ0n) is 22.7. The van der Waals surface area contributed by atoms with Gasteiger partial charge in [-0.2, -0.15) is 0 Å². The number of piperidine rings is 2. The molecule has 7 heteroatoms. The molecule has 4 heterocycles. The Morgan fingerprint density at radius 2 is 1.81 bits per heavy atom. The molecule has 1 spiro atoms. The maximum Gasteiger partial charge on any atom is 0.254 e. The van der Waals surface area contributed by atoms with E-state index in [1.807, 2.05) is 29.2 Å². The van der Waals surface area contributed by atoms with Crippen LogP contribution >= 0.6 is 0 Å². The number of likely N-dealkylation sites (tertiary alicyclic amines) is 2. The molecule has 1 aromatic carbocycles. The van der Waals surface area contributed by atoms with Gasteiger partial charge in [0, 0.05) is 43.1 Å². The minimum absolute atomic E-state index is 0.0581. The van der Waals surface area contributed by atoms with Gasteiger partial charge in [0.25, 0.3) is 5.91 Å². The first-order chi connectivity index (χ1) is 18.1. The van der Waals surface area contributed by atoms with Crippen LogP contribution in [0.25, 0.3) is 0 Å². The fourth-order valence-corrected chi connectivity index (χ4v) is 6.74. The third kappa shape index (κ3) is 6.31. The summed E-state index contributed by atoms with van der Waals surface area (Å²) in [5, 5.41) is 0. The van der Waals surface area contributed by atoms with Crippen LogP contribution in [0.4, 0.5) is 0 Å². The van der Waals surface area contributed by atoms with Crippen molar-refractivity contribution in [2.75, 3.05) is 59.1 Å². The number of benzene rings is 1. The van der Waals surface area contributed by atoms with Crippen LogP contribution in [0.2, 0.25) is 0 Å². The van der Waals surface area contributed by atoms with E-state index >= 15 is 0 Å². The van der Waals surface area contributed by atoms with Gasteiger partial charge in [-0.25, -0.2) is 0 Å². The van der Waals surface area contributed by atoms with Gasteiger partial charge in [0.1, 0.15) is 5.75 Å². The average Bonchev–Trinajstić information content (AvgIpc) is 3.42. The highest BCUT2D eigenvalue weighted by Gasteiger charge is 2.38. The molecule has 2 amide bonds. The number of rotatable bonds is 2. The predicted octanol–water partition coefficient (Wildman–Crippen LogP) is 4.21. The van der Waals surface area contributed by atoms with E-state index in [1.165, 1.54) is 0 Å². The lowest BCUT2D eigenvalue weighted by Gasteiger charge is -2.43. The van der Waals surface area contributed by atoms with Crippen LogP contribution in [0.3, 0.4) is 0 Å². The monoisotopic (exact) mass is 511 g/mol. The van der Waals surface area contributed by atoms with E-state index in [4.69, 9.17) is 9.47 Å². The van der Waals surface area contributed by atoms with Gasteiger partial charge in [0.15, 0.2) is 0 Å². The minimum Gasteiger partial charge on any atom is -0.493 e. The molecule has 0 radical (unpaired) electrons. The Hall–Kier alpha value is -2.12. The van der Waals surface area contributed by atoms with Crippen LogP contribution in [0.5, 0.6) is 5.75 Å². The third-order valence-electron chi connectivity index (χ3n) is 9.34. The summed E-state index contributed by atoms with van der Waals surface area (Å²) in [4.78, 5) is 33.1. The summed E-state index contributed by atoms with van der Waals surface area (Å²) < 4.78 is 12.5. The number of ether oxygens (including phenoxy) is 2. The smallest absolute Gasteiger partial charge is 0.254 e. The van der Waals surface area contributed by atoms with Crippen molar-refractivity contribution in [1.82, 2.24) is 14.7 Å². The summed E-state index contributed by atoms with van der Waals surface area (Å²) in [7, 11) is 0. The highest BCUT2D eigenvalue weighted by Crippen LogP contribution is 2.38. The van der Waals surface area contributed by atoms with Crippen molar-refractivity contribution in [3.8, 4) is 5.75 Å². The molecule has 37 heavy (non-hydrogen) atoms. The first-order valence-electron chi connectivity index (χ1n) is 14.7. The third-order valence-corrected chi connectivity index (χ3v) is 9.34. The van der Waals surface area contributed by atoms with Crippen molar-refractivity contribution in [3.63, 3.8) is 0 Å². The average molecular weight is 512 g/mol. The molecule has 0 aromatic heterocycles. The van der Waals surface area contributed by atoms with Gasteiger partial charge in [-0.05, 0) is 89.2 Å². The Bertz CT molecular complexity index is 921. The fourth-order valence-electron chi connectivity index (χ4n) is 6.74. The Morgan fingerprint density at radius 3 is 2.59 bits per heavy atom. The van der Waals surface area contributed by atoms with Gasteiger partial charge in [-0.3, -0.25) is 9.59 Å². The molecule has 1 aromatic rings. The lowest BCUT2D eigenvalue weighted by molar-refractivity contribution is -0.140. The first-order valence-corrected chi connectivity index (χ1v) is 14.7. The number of carbonyl (C=O) groups excluding carboxylic acids is 2. The topological polar surface area (TPSA) is 62.3 Å². The molecule has 0 unspecified atom stereocenters. The maximum atomic E-state index is 13.3. The van der Waals surface area contributed by atoms with Crippen molar-refractivity contribution in [3.05, 3.63) is 29.8 Å². The lowest BCUT2D eigenvalue weighted by Crippen LogP contribution is -2.49. The molecule has 0 aliphatic carbocycles. The van der Waals surface area contributed by atoms with Crippen LogP contribution < -0.4 is 4.74 Å². The second kappa shape index (κ2) is 12.2. The molecule has 5 rings (SSSR count). The first kappa shape index (κ1) is 26.5. The van der Waals surface area contributed by atoms with Crippen LogP contribution in [0.1, 0.15) is 75.1 Å². The standard InChI is InChI=1S/C30H45N3O4/c1-2-31-16-10-24(11-17-31)28(34)32-18-13-30(14-19-32)12-3-4-20-36-22-26-8-6-15-33(26)29(35)25-7-5-9-27(21-25)37-23-30/h5,7,9,21,24,26H,2-4,6,8,10-20,22-23H2,1H3/t26-/m0/s1. The minimum atomic E-state index is 0.0581. The fraction of sp³-hybridized carbons (Fsp3) is 0.733. The van der Waals surface area contributed by atoms with E-state index in [0.717, 1.165) is 109 Å². The molecular weight excluding hydrogens is 466 g/mol. The summed E-state index contributed by atoms with van der Waals surface area (Å²) in [6, 6.07) is 7.88. The number of hydrogen-bond donors (Lipinski definition) is 0. The van der Waals surface area contributed by atoms with Crippen molar-refractivity contribution in [2.24, 2.45) is 11.3 Å². The summed E-state index contributed by atoms with van der Waals surface area (Å²) in [6.45, 7) is 9.80. The van der Waals surface area contributed by atoms with E-state index < -0.39 is 0 Å². The molecule has 3 saturated heterocycles. The lowest BCUT2D eigenvalue weighted by atomic mass is 9.75. The van der Waals surface area contributed by atoms with E-state index in [-0.39, 0.29) is 23.3 Å². The van der Waals surface area contributed by atoms with Gasteiger partial charge in [0.05, 0.1) is 19.3 Å². The Balaban J connectivity index is 1.24. The Labute approximate surface area is 222 Å². The highest BCUT2D eigenvalue weighted by molar-refractivity contribution is 5.95. The molecule has 4 aliphatic heterocycles. The molecule has 1 atom stereocenters. The molecule has 0 saturated carbocycles. The molecular formula is C30H45N3O4. The molecule has 0 N–H and O–H groups in total. The van der Waals surface area contributed by atoms with E-state index in [9.17, 15) is 9.59 Å². The zero-order chi connectivity index (χ0) is 25.7. The van der Waals surface area contributed by atoms with Gasteiger partial charge in [-0.1, -0.05) is 19.4 Å². The zero-order valence-corrected chi connectivity index (χ0v) is 22.7. The maximum absolute atomic E-state index is 13.3. The van der Waals surface area contributed by atoms with Gasteiger partial charge >= 0.3 is 0 Å². The van der Waals surface area contributed by atoms with E-state index in [2.05, 4.69) is 16.7 Å². The van der Waals surface area contributed by atoms with Gasteiger partial charge in [0.2, 0.25) is 5.91 Å². The molecule has 4 aliphatic rings. The number of nitrogens with zero attached hydrogens (tertiary/aromatic N) is 3. The van der Waals surface area contributed by atoms with E-state index in [1.54, 1.807) is 0 Å². The SMILES string of the molecule is CCN1CCC(C(=O)N2CCC3(CCCCOC[C@@H]4CCCN4C(=O)c4cccc(c4)OC3)CC2)CC1. The molecule has 204 valence electrons.